The third-order valence-electron chi connectivity index (χ3n) is 2.23. The molecular formula is C11H23NO2S. The van der Waals surface area contributed by atoms with Crippen LogP contribution in [0.15, 0.2) is 0 Å². The van der Waals surface area contributed by atoms with Crippen molar-refractivity contribution in [1.82, 2.24) is 5.32 Å². The van der Waals surface area contributed by atoms with Crippen molar-refractivity contribution in [3.8, 4) is 0 Å². The minimum absolute atomic E-state index is 0.0116. The molecule has 0 aromatic carbocycles. The van der Waals surface area contributed by atoms with Gasteiger partial charge in [0, 0.05) is 25.3 Å². The standard InChI is InChI=1S/C11H23NO2S/c1-4-15-8-5-10(14)12-9-11(2,3)6-7-13/h13H,4-9H2,1-3H3,(H,12,14). The number of hydrogen-bond donors (Lipinski definition) is 2. The molecule has 0 rings (SSSR count). The molecule has 0 fully saturated rings. The molecule has 2 N–H and O–H groups in total. The van der Waals surface area contributed by atoms with Gasteiger partial charge in [0.1, 0.15) is 0 Å². The minimum Gasteiger partial charge on any atom is -0.396 e. The lowest BCUT2D eigenvalue weighted by atomic mass is 9.90. The summed E-state index contributed by atoms with van der Waals surface area (Å²) in [5, 5.41) is 11.7. The van der Waals surface area contributed by atoms with E-state index in [1.807, 2.05) is 13.8 Å². The molecule has 0 atom stereocenters. The summed E-state index contributed by atoms with van der Waals surface area (Å²) in [6.07, 6.45) is 1.31. The van der Waals surface area contributed by atoms with Crippen molar-refractivity contribution in [2.45, 2.75) is 33.6 Å². The van der Waals surface area contributed by atoms with Gasteiger partial charge in [-0.15, -0.1) is 0 Å². The van der Waals surface area contributed by atoms with E-state index in [2.05, 4.69) is 12.2 Å². The summed E-state index contributed by atoms with van der Waals surface area (Å²) in [5.41, 5.74) is -0.0116. The monoisotopic (exact) mass is 233 g/mol. The van der Waals surface area contributed by atoms with Crippen molar-refractivity contribution in [2.75, 3.05) is 24.7 Å². The van der Waals surface area contributed by atoms with Gasteiger partial charge in [-0.3, -0.25) is 4.79 Å². The highest BCUT2D eigenvalue weighted by atomic mass is 32.2. The summed E-state index contributed by atoms with van der Waals surface area (Å²) < 4.78 is 0. The van der Waals surface area contributed by atoms with Crippen LogP contribution in [0.5, 0.6) is 0 Å². The number of aliphatic hydroxyl groups is 1. The zero-order valence-electron chi connectivity index (χ0n) is 10.0. The maximum Gasteiger partial charge on any atom is 0.220 e. The van der Waals surface area contributed by atoms with E-state index in [1.165, 1.54) is 0 Å². The van der Waals surface area contributed by atoms with Crippen molar-refractivity contribution in [3.63, 3.8) is 0 Å². The molecule has 0 radical (unpaired) electrons. The Bertz CT molecular complexity index is 183. The van der Waals surface area contributed by atoms with Crippen molar-refractivity contribution in [2.24, 2.45) is 5.41 Å². The lowest BCUT2D eigenvalue weighted by Gasteiger charge is -2.23. The molecular weight excluding hydrogens is 210 g/mol. The van der Waals surface area contributed by atoms with E-state index >= 15 is 0 Å². The SMILES string of the molecule is CCSCCC(=O)NCC(C)(C)CCO. The Morgan fingerprint density at radius 1 is 1.47 bits per heavy atom. The summed E-state index contributed by atoms with van der Waals surface area (Å²) in [4.78, 5) is 11.4. The molecule has 3 nitrogen and oxygen atoms in total. The highest BCUT2D eigenvalue weighted by molar-refractivity contribution is 7.99. The summed E-state index contributed by atoms with van der Waals surface area (Å²) in [5.74, 6) is 2.06. The molecule has 90 valence electrons. The number of thioether (sulfide) groups is 1. The maximum absolute atomic E-state index is 11.4. The maximum atomic E-state index is 11.4. The van der Waals surface area contributed by atoms with E-state index < -0.39 is 0 Å². The van der Waals surface area contributed by atoms with Gasteiger partial charge in [0.2, 0.25) is 5.91 Å². The van der Waals surface area contributed by atoms with Gasteiger partial charge in [0.15, 0.2) is 0 Å². The van der Waals surface area contributed by atoms with Crippen LogP contribution in [0.1, 0.15) is 33.6 Å². The van der Waals surface area contributed by atoms with Crippen LogP contribution >= 0.6 is 11.8 Å². The molecule has 4 heteroatoms. The zero-order chi connectivity index (χ0) is 11.7. The van der Waals surface area contributed by atoms with Gasteiger partial charge in [0.05, 0.1) is 0 Å². The smallest absolute Gasteiger partial charge is 0.220 e. The van der Waals surface area contributed by atoms with Crippen molar-refractivity contribution in [3.05, 3.63) is 0 Å². The quantitative estimate of drug-likeness (QED) is 0.627. The van der Waals surface area contributed by atoms with Crippen LogP contribution in [0, 0.1) is 5.41 Å². The number of nitrogens with one attached hydrogen (secondary N) is 1. The number of amides is 1. The van der Waals surface area contributed by atoms with Crippen LogP contribution in [-0.2, 0) is 4.79 Å². The second kappa shape index (κ2) is 7.99. The third-order valence-corrected chi connectivity index (χ3v) is 3.13. The van der Waals surface area contributed by atoms with Gasteiger partial charge in [-0.1, -0.05) is 20.8 Å². The third kappa shape index (κ3) is 8.75. The normalized spacial score (nSPS) is 11.5. The molecule has 0 saturated carbocycles. The number of hydrogen-bond acceptors (Lipinski definition) is 3. The predicted octanol–water partition coefficient (Wildman–Crippen LogP) is 1.65. The van der Waals surface area contributed by atoms with Crippen LogP contribution in [0.2, 0.25) is 0 Å². The number of carbonyl (C=O) groups excluding carboxylic acids is 1. The van der Waals surface area contributed by atoms with Crippen molar-refractivity contribution < 1.29 is 9.90 Å². The molecule has 0 aromatic heterocycles. The molecule has 0 spiro atoms. The summed E-state index contributed by atoms with van der Waals surface area (Å²) in [6.45, 7) is 7.00. The molecule has 0 unspecified atom stereocenters. The number of aliphatic hydroxyl groups excluding tert-OH is 1. The van der Waals surface area contributed by atoms with Gasteiger partial charge in [-0.05, 0) is 17.6 Å². The largest absolute Gasteiger partial charge is 0.396 e. The topological polar surface area (TPSA) is 49.3 Å². The minimum atomic E-state index is -0.0116. The number of carbonyl (C=O) groups is 1. The number of rotatable bonds is 8. The van der Waals surface area contributed by atoms with Gasteiger partial charge >= 0.3 is 0 Å². The first-order valence-electron chi connectivity index (χ1n) is 5.47. The van der Waals surface area contributed by atoms with E-state index in [-0.39, 0.29) is 17.9 Å². The molecule has 0 aromatic rings. The first-order valence-corrected chi connectivity index (χ1v) is 6.62. The average Bonchev–Trinajstić information content (AvgIpc) is 2.15. The second-order valence-electron chi connectivity index (χ2n) is 4.36. The molecule has 0 aliphatic heterocycles. The van der Waals surface area contributed by atoms with Crippen LogP contribution < -0.4 is 5.32 Å². The predicted molar refractivity (Wildman–Crippen MR) is 66.1 cm³/mol. The summed E-state index contributed by atoms with van der Waals surface area (Å²) in [6, 6.07) is 0. The second-order valence-corrected chi connectivity index (χ2v) is 5.76. The lowest BCUT2D eigenvalue weighted by molar-refractivity contribution is -0.121. The fraction of sp³-hybridized carbons (Fsp3) is 0.909. The first kappa shape index (κ1) is 14.8. The Morgan fingerprint density at radius 3 is 2.67 bits per heavy atom. The van der Waals surface area contributed by atoms with E-state index in [0.29, 0.717) is 13.0 Å². The fourth-order valence-electron chi connectivity index (χ4n) is 1.13. The van der Waals surface area contributed by atoms with Gasteiger partial charge in [-0.2, -0.15) is 11.8 Å². The average molecular weight is 233 g/mol. The summed E-state index contributed by atoms with van der Waals surface area (Å²) >= 11 is 1.78. The molecule has 0 saturated heterocycles. The highest BCUT2D eigenvalue weighted by Crippen LogP contribution is 2.17. The molecule has 1 amide bonds. The Kier molecular flexibility index (Phi) is 7.88. The van der Waals surface area contributed by atoms with Crippen LogP contribution in [0.25, 0.3) is 0 Å². The van der Waals surface area contributed by atoms with Crippen molar-refractivity contribution >= 4 is 17.7 Å². The van der Waals surface area contributed by atoms with E-state index in [1.54, 1.807) is 11.8 Å². The zero-order valence-corrected chi connectivity index (χ0v) is 10.8. The van der Waals surface area contributed by atoms with Gasteiger partial charge in [0.25, 0.3) is 0 Å². The van der Waals surface area contributed by atoms with E-state index in [0.717, 1.165) is 17.9 Å². The Labute approximate surface area is 97.0 Å². The molecule has 0 heterocycles. The van der Waals surface area contributed by atoms with Crippen LogP contribution in [0.4, 0.5) is 0 Å². The molecule has 0 bridgehead atoms. The van der Waals surface area contributed by atoms with E-state index in [9.17, 15) is 4.79 Å². The van der Waals surface area contributed by atoms with Gasteiger partial charge < -0.3 is 10.4 Å². The molecule has 0 aliphatic carbocycles. The molecule has 15 heavy (non-hydrogen) atoms. The Hall–Kier alpha value is -0.220. The Morgan fingerprint density at radius 2 is 2.13 bits per heavy atom. The Balaban J connectivity index is 3.60. The van der Waals surface area contributed by atoms with Gasteiger partial charge in [-0.25, -0.2) is 0 Å². The fourth-order valence-corrected chi connectivity index (χ4v) is 1.74. The molecule has 0 aliphatic rings. The first-order chi connectivity index (χ1) is 7.02. The van der Waals surface area contributed by atoms with E-state index in [4.69, 9.17) is 5.11 Å². The van der Waals surface area contributed by atoms with Crippen LogP contribution in [0.3, 0.4) is 0 Å². The van der Waals surface area contributed by atoms with Crippen molar-refractivity contribution in [1.29, 1.82) is 0 Å². The summed E-state index contributed by atoms with van der Waals surface area (Å²) in [7, 11) is 0. The van der Waals surface area contributed by atoms with Crippen LogP contribution in [-0.4, -0.2) is 35.7 Å². The lowest BCUT2D eigenvalue weighted by Crippen LogP contribution is -2.34. The highest BCUT2D eigenvalue weighted by Gasteiger charge is 2.17.